The molecule has 0 aliphatic carbocycles. The predicted molar refractivity (Wildman–Crippen MR) is 113 cm³/mol. The summed E-state index contributed by atoms with van der Waals surface area (Å²) < 4.78 is 12.4. The average molecular weight is 408 g/mol. The summed E-state index contributed by atoms with van der Waals surface area (Å²) in [5.74, 6) is 0.718. The number of anilines is 1. The van der Waals surface area contributed by atoms with E-state index in [2.05, 4.69) is 15.7 Å². The van der Waals surface area contributed by atoms with Gasteiger partial charge < -0.3 is 20.1 Å². The van der Waals surface area contributed by atoms with Gasteiger partial charge in [-0.2, -0.15) is 5.10 Å². The second-order valence-electron chi connectivity index (χ2n) is 6.48. The van der Waals surface area contributed by atoms with Crippen molar-refractivity contribution >= 4 is 17.5 Å². The van der Waals surface area contributed by atoms with E-state index in [1.807, 2.05) is 36.5 Å². The number of hydrogen-bond donors (Lipinski definition) is 2. The van der Waals surface area contributed by atoms with E-state index in [4.69, 9.17) is 9.47 Å². The summed E-state index contributed by atoms with van der Waals surface area (Å²) >= 11 is 0. The Hall–Kier alpha value is -3.81. The lowest BCUT2D eigenvalue weighted by molar-refractivity contribution is -0.124. The molecule has 156 valence electrons. The first-order chi connectivity index (χ1) is 14.6. The third kappa shape index (κ3) is 5.38. The van der Waals surface area contributed by atoms with Crippen LogP contribution in [0.3, 0.4) is 0 Å². The molecule has 0 radical (unpaired) electrons. The van der Waals surface area contributed by atoms with Crippen LogP contribution in [0.15, 0.2) is 60.9 Å². The van der Waals surface area contributed by atoms with E-state index in [0.717, 1.165) is 11.3 Å². The number of benzene rings is 2. The number of para-hydroxylation sites is 1. The normalized spacial score (nSPS) is 10.3. The van der Waals surface area contributed by atoms with Gasteiger partial charge in [-0.15, -0.1) is 0 Å². The summed E-state index contributed by atoms with van der Waals surface area (Å²) in [5.41, 5.74) is 2.40. The second kappa shape index (κ2) is 10.1. The summed E-state index contributed by atoms with van der Waals surface area (Å²) in [5, 5.41) is 9.55. The molecule has 3 rings (SSSR count). The van der Waals surface area contributed by atoms with Gasteiger partial charge in [0.05, 0.1) is 26.5 Å². The van der Waals surface area contributed by atoms with Gasteiger partial charge in [0.25, 0.3) is 0 Å². The molecular weight excluding hydrogens is 384 g/mol. The van der Waals surface area contributed by atoms with Crippen molar-refractivity contribution in [1.29, 1.82) is 0 Å². The number of aromatic nitrogens is 2. The molecule has 0 aliphatic rings. The zero-order valence-corrected chi connectivity index (χ0v) is 16.9. The third-order valence-corrected chi connectivity index (χ3v) is 4.47. The summed E-state index contributed by atoms with van der Waals surface area (Å²) in [6, 6.07) is 14.6. The zero-order chi connectivity index (χ0) is 21.3. The van der Waals surface area contributed by atoms with Crippen molar-refractivity contribution in [2.45, 2.75) is 12.8 Å². The van der Waals surface area contributed by atoms with Crippen molar-refractivity contribution in [2.75, 3.05) is 26.1 Å². The van der Waals surface area contributed by atoms with E-state index >= 15 is 0 Å². The largest absolute Gasteiger partial charge is 0.493 e. The number of nitrogens with zero attached hydrogens (tertiary/aromatic N) is 2. The summed E-state index contributed by atoms with van der Waals surface area (Å²) in [4.78, 5) is 24.2. The van der Waals surface area contributed by atoms with E-state index in [1.165, 1.54) is 0 Å². The van der Waals surface area contributed by atoms with E-state index in [1.54, 1.807) is 43.3 Å². The molecule has 30 heavy (non-hydrogen) atoms. The van der Waals surface area contributed by atoms with E-state index in [9.17, 15) is 9.59 Å². The molecule has 3 aromatic rings. The van der Waals surface area contributed by atoms with Gasteiger partial charge >= 0.3 is 0 Å². The van der Waals surface area contributed by atoms with Gasteiger partial charge in [-0.3, -0.25) is 9.59 Å². The molecule has 0 unspecified atom stereocenters. The highest BCUT2D eigenvalue weighted by Crippen LogP contribution is 2.31. The Morgan fingerprint density at radius 3 is 2.47 bits per heavy atom. The summed E-state index contributed by atoms with van der Waals surface area (Å²) in [6.45, 7) is -0.102. The smallest absolute Gasteiger partial charge is 0.243 e. The molecule has 1 heterocycles. The highest BCUT2D eigenvalue weighted by atomic mass is 16.5. The number of aryl methyl sites for hydroxylation is 1. The Bertz CT molecular complexity index is 985. The van der Waals surface area contributed by atoms with Crippen LogP contribution in [0.2, 0.25) is 0 Å². The third-order valence-electron chi connectivity index (χ3n) is 4.47. The van der Waals surface area contributed by atoms with Gasteiger partial charge in [0.1, 0.15) is 0 Å². The number of rotatable bonds is 9. The van der Waals surface area contributed by atoms with Gasteiger partial charge in [-0.05, 0) is 48.4 Å². The fraction of sp³-hybridized carbons (Fsp3) is 0.227. The molecule has 0 saturated carbocycles. The van der Waals surface area contributed by atoms with Crippen LogP contribution < -0.4 is 20.1 Å². The maximum atomic E-state index is 12.1. The Labute approximate surface area is 174 Å². The van der Waals surface area contributed by atoms with Crippen molar-refractivity contribution in [3.8, 4) is 17.2 Å². The number of methoxy groups -OCH3 is 2. The fourth-order valence-electron chi connectivity index (χ4n) is 2.99. The molecule has 2 amide bonds. The first-order valence-electron chi connectivity index (χ1n) is 9.47. The fourth-order valence-corrected chi connectivity index (χ4v) is 2.99. The number of ether oxygens (including phenoxy) is 2. The van der Waals surface area contributed by atoms with Crippen LogP contribution in [0.4, 0.5) is 5.69 Å². The van der Waals surface area contributed by atoms with Crippen LogP contribution in [-0.2, 0) is 16.0 Å². The average Bonchev–Trinajstić information content (AvgIpc) is 3.31. The quantitative estimate of drug-likeness (QED) is 0.568. The molecule has 0 fully saturated rings. The minimum atomic E-state index is -0.297. The Kier molecular flexibility index (Phi) is 7.05. The number of carbonyl (C=O) groups is 2. The minimum absolute atomic E-state index is 0.102. The number of nitrogens with one attached hydrogen (secondary N) is 2. The van der Waals surface area contributed by atoms with Crippen LogP contribution in [0.5, 0.6) is 11.5 Å². The van der Waals surface area contributed by atoms with Gasteiger partial charge in [-0.25, -0.2) is 4.68 Å². The molecule has 2 aromatic carbocycles. The Balaban J connectivity index is 1.45. The Morgan fingerprint density at radius 2 is 1.80 bits per heavy atom. The van der Waals surface area contributed by atoms with Gasteiger partial charge in [-0.1, -0.05) is 12.1 Å². The van der Waals surface area contributed by atoms with E-state index in [0.29, 0.717) is 23.6 Å². The predicted octanol–water partition coefficient (Wildman–Crippen LogP) is 2.58. The molecule has 2 N–H and O–H groups in total. The van der Waals surface area contributed by atoms with Crippen LogP contribution in [0.25, 0.3) is 5.69 Å². The van der Waals surface area contributed by atoms with Crippen LogP contribution in [0.1, 0.15) is 12.0 Å². The Morgan fingerprint density at radius 1 is 1.00 bits per heavy atom. The molecule has 1 aromatic heterocycles. The first kappa shape index (κ1) is 20.9. The molecular formula is C22H24N4O4. The monoisotopic (exact) mass is 408 g/mol. The highest BCUT2D eigenvalue weighted by Gasteiger charge is 2.12. The molecule has 0 aliphatic heterocycles. The lowest BCUT2D eigenvalue weighted by atomic mass is 10.1. The van der Waals surface area contributed by atoms with E-state index < -0.39 is 0 Å². The van der Waals surface area contributed by atoms with Gasteiger partial charge in [0.15, 0.2) is 11.5 Å². The molecule has 0 atom stereocenters. The van der Waals surface area contributed by atoms with Crippen molar-refractivity contribution in [1.82, 2.24) is 15.1 Å². The summed E-state index contributed by atoms with van der Waals surface area (Å²) in [7, 11) is 3.13. The maximum absolute atomic E-state index is 12.1. The maximum Gasteiger partial charge on any atom is 0.243 e. The molecule has 8 nitrogen and oxygen atoms in total. The van der Waals surface area contributed by atoms with Crippen LogP contribution in [-0.4, -0.2) is 42.4 Å². The topological polar surface area (TPSA) is 94.5 Å². The number of amides is 2. The summed E-state index contributed by atoms with van der Waals surface area (Å²) in [6.07, 6.45) is 4.24. The SMILES string of the molecule is COc1cccc(CCC(=O)NCC(=O)Nc2ccc(-n3cccn3)cc2)c1OC. The standard InChI is InChI=1S/C22H24N4O4/c1-29-19-6-3-5-16(22(19)30-2)7-12-20(27)23-15-21(28)25-17-8-10-18(11-9-17)26-14-4-13-24-26/h3-6,8-11,13-14H,7,12,15H2,1-2H3,(H,23,27)(H,25,28). The second-order valence-corrected chi connectivity index (χ2v) is 6.48. The van der Waals surface area contributed by atoms with Gasteiger partial charge in [0.2, 0.25) is 11.8 Å². The van der Waals surface area contributed by atoms with Gasteiger partial charge in [0, 0.05) is 24.5 Å². The zero-order valence-electron chi connectivity index (χ0n) is 16.9. The minimum Gasteiger partial charge on any atom is -0.493 e. The van der Waals surface area contributed by atoms with Crippen molar-refractivity contribution in [2.24, 2.45) is 0 Å². The van der Waals surface area contributed by atoms with Crippen LogP contribution >= 0.6 is 0 Å². The van der Waals surface area contributed by atoms with E-state index in [-0.39, 0.29) is 24.8 Å². The van der Waals surface area contributed by atoms with Crippen molar-refractivity contribution in [3.05, 3.63) is 66.5 Å². The number of carbonyl (C=O) groups excluding carboxylic acids is 2. The molecule has 0 saturated heterocycles. The lowest BCUT2D eigenvalue weighted by Gasteiger charge is -2.12. The van der Waals surface area contributed by atoms with Crippen LogP contribution in [0, 0.1) is 0 Å². The molecule has 0 spiro atoms. The van der Waals surface area contributed by atoms with Crippen molar-refractivity contribution in [3.63, 3.8) is 0 Å². The molecule has 8 heteroatoms. The lowest BCUT2D eigenvalue weighted by Crippen LogP contribution is -2.33. The molecule has 0 bridgehead atoms. The highest BCUT2D eigenvalue weighted by molar-refractivity contribution is 5.94. The number of hydrogen-bond acceptors (Lipinski definition) is 5. The van der Waals surface area contributed by atoms with Crippen molar-refractivity contribution < 1.29 is 19.1 Å². The first-order valence-corrected chi connectivity index (χ1v) is 9.47.